The Kier molecular flexibility index (Phi) is 65.1. The van der Waals surface area contributed by atoms with Gasteiger partial charge in [-0.15, -0.1) is 0 Å². The fourth-order valence-electron chi connectivity index (χ4n) is 10.6. The summed E-state index contributed by atoms with van der Waals surface area (Å²) in [5, 5.41) is 0. The van der Waals surface area contributed by atoms with Crippen molar-refractivity contribution in [1.29, 1.82) is 0 Å². The fourth-order valence-corrected chi connectivity index (χ4v) is 10.6. The summed E-state index contributed by atoms with van der Waals surface area (Å²) in [7, 11) is 0. The molecule has 0 bridgehead atoms. The number of allylic oxidation sites excluding steroid dienone is 6. The second kappa shape index (κ2) is 67.1. The van der Waals surface area contributed by atoms with Crippen LogP contribution in [0.25, 0.3) is 0 Å². The first kappa shape index (κ1) is 75.6. The number of carbonyl (C=O) groups excluding carboxylic acids is 3. The van der Waals surface area contributed by atoms with Crippen molar-refractivity contribution >= 4 is 17.9 Å². The molecule has 0 saturated heterocycles. The lowest BCUT2D eigenvalue weighted by Gasteiger charge is -2.18. The maximum atomic E-state index is 13.0. The van der Waals surface area contributed by atoms with Crippen LogP contribution in [0.1, 0.15) is 387 Å². The number of ether oxygens (including phenoxy) is 3. The minimum Gasteiger partial charge on any atom is -0.462 e. The molecule has 0 aliphatic heterocycles. The Morgan fingerprint density at radius 1 is 0.256 bits per heavy atom. The number of unbranched alkanes of at least 4 members (excludes halogenated alkanes) is 48. The molecule has 0 aromatic rings. The van der Waals surface area contributed by atoms with Crippen molar-refractivity contribution in [2.24, 2.45) is 0 Å². The first-order valence-corrected chi connectivity index (χ1v) is 35.0. The van der Waals surface area contributed by atoms with Gasteiger partial charge in [-0.25, -0.2) is 0 Å². The molecule has 0 rings (SSSR count). The molecule has 0 fully saturated rings. The second-order valence-electron chi connectivity index (χ2n) is 23.8. The van der Waals surface area contributed by atoms with E-state index in [4.69, 9.17) is 14.2 Å². The molecule has 0 aliphatic rings. The lowest BCUT2D eigenvalue weighted by molar-refractivity contribution is -0.167. The Morgan fingerprint density at radius 3 is 0.731 bits per heavy atom. The second-order valence-corrected chi connectivity index (χ2v) is 23.8. The number of hydrogen-bond acceptors (Lipinski definition) is 6. The number of carbonyl (C=O) groups is 3. The molecule has 0 aromatic carbocycles. The van der Waals surface area contributed by atoms with Gasteiger partial charge in [0.05, 0.1) is 0 Å². The molecule has 0 aliphatic carbocycles. The van der Waals surface area contributed by atoms with Crippen LogP contribution >= 0.6 is 0 Å². The third kappa shape index (κ3) is 64.5. The van der Waals surface area contributed by atoms with Crippen molar-refractivity contribution < 1.29 is 28.6 Å². The summed E-state index contributed by atoms with van der Waals surface area (Å²) in [6, 6.07) is 0. The molecule has 0 spiro atoms. The van der Waals surface area contributed by atoms with Gasteiger partial charge in [-0.05, 0) is 77.0 Å². The third-order valence-corrected chi connectivity index (χ3v) is 15.9. The quantitative estimate of drug-likeness (QED) is 0.0261. The van der Waals surface area contributed by atoms with Crippen LogP contribution in [0, 0.1) is 0 Å². The molecule has 0 N–H and O–H groups in total. The van der Waals surface area contributed by atoms with Crippen LogP contribution in [0.15, 0.2) is 36.5 Å². The van der Waals surface area contributed by atoms with Crippen molar-refractivity contribution in [2.45, 2.75) is 393 Å². The van der Waals surface area contributed by atoms with Crippen molar-refractivity contribution in [3.05, 3.63) is 36.5 Å². The van der Waals surface area contributed by atoms with Gasteiger partial charge >= 0.3 is 17.9 Å². The van der Waals surface area contributed by atoms with Crippen LogP contribution in [0.5, 0.6) is 0 Å². The van der Waals surface area contributed by atoms with Gasteiger partial charge in [-0.2, -0.15) is 0 Å². The number of hydrogen-bond donors (Lipinski definition) is 0. The Bertz CT molecular complexity index is 1300. The largest absolute Gasteiger partial charge is 0.462 e. The van der Waals surface area contributed by atoms with E-state index in [2.05, 4.69) is 57.2 Å². The predicted molar refractivity (Wildman–Crippen MR) is 339 cm³/mol. The van der Waals surface area contributed by atoms with E-state index >= 15 is 0 Å². The van der Waals surface area contributed by atoms with Gasteiger partial charge in [0.2, 0.25) is 0 Å². The maximum absolute atomic E-state index is 13.0. The van der Waals surface area contributed by atoms with Gasteiger partial charge in [0.25, 0.3) is 0 Å². The van der Waals surface area contributed by atoms with Gasteiger partial charge in [0.1, 0.15) is 13.2 Å². The molecule has 458 valence electrons. The molecule has 1 unspecified atom stereocenters. The third-order valence-electron chi connectivity index (χ3n) is 15.9. The summed E-state index contributed by atoms with van der Waals surface area (Å²) >= 11 is 0. The molecule has 6 heteroatoms. The molecule has 0 heterocycles. The molecule has 0 aromatic heterocycles. The smallest absolute Gasteiger partial charge is 0.306 e. The van der Waals surface area contributed by atoms with Crippen LogP contribution < -0.4 is 0 Å². The molecule has 0 saturated carbocycles. The van der Waals surface area contributed by atoms with Crippen LogP contribution in [0.2, 0.25) is 0 Å². The summed E-state index contributed by atoms with van der Waals surface area (Å²) in [5.74, 6) is -0.849. The highest BCUT2D eigenvalue weighted by Crippen LogP contribution is 2.18. The molecule has 0 radical (unpaired) electrons. The molecule has 78 heavy (non-hydrogen) atoms. The van der Waals surface area contributed by atoms with Gasteiger partial charge < -0.3 is 14.2 Å². The van der Waals surface area contributed by atoms with Gasteiger partial charge in [-0.3, -0.25) is 14.4 Å². The average Bonchev–Trinajstić information content (AvgIpc) is 3.44. The van der Waals surface area contributed by atoms with Crippen LogP contribution in [-0.4, -0.2) is 37.2 Å². The topological polar surface area (TPSA) is 78.9 Å². The van der Waals surface area contributed by atoms with Crippen LogP contribution in [0.3, 0.4) is 0 Å². The van der Waals surface area contributed by atoms with E-state index in [0.717, 1.165) is 70.6 Å². The monoisotopic (exact) mass is 1100 g/mol. The zero-order chi connectivity index (χ0) is 56.4. The lowest BCUT2D eigenvalue weighted by Crippen LogP contribution is -2.30. The Balaban J connectivity index is 4.31. The maximum Gasteiger partial charge on any atom is 0.306 e. The van der Waals surface area contributed by atoms with E-state index in [1.165, 1.54) is 276 Å². The summed E-state index contributed by atoms with van der Waals surface area (Å²) in [6.07, 6.45) is 83.0. The zero-order valence-corrected chi connectivity index (χ0v) is 52.7. The molecule has 0 amide bonds. The summed E-state index contributed by atoms with van der Waals surface area (Å²) < 4.78 is 17.0. The lowest BCUT2D eigenvalue weighted by atomic mass is 10.0. The van der Waals surface area contributed by atoms with E-state index in [1.807, 2.05) is 0 Å². The van der Waals surface area contributed by atoms with E-state index in [9.17, 15) is 14.4 Å². The molecule has 1 atom stereocenters. The summed E-state index contributed by atoms with van der Waals surface area (Å²) in [6.45, 7) is 6.69. The summed E-state index contributed by atoms with van der Waals surface area (Å²) in [5.41, 5.74) is 0. The first-order valence-electron chi connectivity index (χ1n) is 35.0. The Labute approximate surface area is 486 Å². The van der Waals surface area contributed by atoms with Gasteiger partial charge in [0, 0.05) is 19.3 Å². The zero-order valence-electron chi connectivity index (χ0n) is 52.7. The van der Waals surface area contributed by atoms with E-state index in [0.29, 0.717) is 19.3 Å². The van der Waals surface area contributed by atoms with Gasteiger partial charge in [0.15, 0.2) is 6.10 Å². The highest BCUT2D eigenvalue weighted by Gasteiger charge is 2.19. The first-order chi connectivity index (χ1) is 38.5. The molecule has 6 nitrogen and oxygen atoms in total. The standard InChI is InChI=1S/C72H134O6/c1-4-7-10-13-16-19-22-25-28-31-34-35-36-37-39-41-44-47-50-53-56-59-62-65-71(74)77-68-69(67-76-70(73)64-61-58-55-52-49-46-43-40-33-30-27-24-21-18-15-12-9-6-3)78-72(75)66-63-60-57-54-51-48-45-42-38-32-29-26-23-20-17-14-11-8-5-2/h21,24,30-31,33-34,69H,4-20,22-23,25-29,32,35-68H2,1-3H3/b24-21-,33-30-,34-31-. The van der Waals surface area contributed by atoms with Crippen molar-refractivity contribution in [3.63, 3.8) is 0 Å². The normalized spacial score (nSPS) is 12.2. The Hall–Kier alpha value is -2.37. The Morgan fingerprint density at radius 2 is 0.462 bits per heavy atom. The van der Waals surface area contributed by atoms with Crippen LogP contribution in [0.4, 0.5) is 0 Å². The molecular formula is C72H134O6. The van der Waals surface area contributed by atoms with Gasteiger partial charge in [-0.1, -0.05) is 327 Å². The average molecular weight is 1100 g/mol. The number of esters is 3. The van der Waals surface area contributed by atoms with E-state index < -0.39 is 6.10 Å². The summed E-state index contributed by atoms with van der Waals surface area (Å²) in [4.78, 5) is 38.5. The fraction of sp³-hybridized carbons (Fsp3) is 0.875. The van der Waals surface area contributed by atoms with Crippen LogP contribution in [-0.2, 0) is 28.6 Å². The highest BCUT2D eigenvalue weighted by atomic mass is 16.6. The van der Waals surface area contributed by atoms with Crippen molar-refractivity contribution in [2.75, 3.05) is 13.2 Å². The van der Waals surface area contributed by atoms with Crippen molar-refractivity contribution in [3.8, 4) is 0 Å². The van der Waals surface area contributed by atoms with E-state index in [1.54, 1.807) is 0 Å². The highest BCUT2D eigenvalue weighted by molar-refractivity contribution is 5.71. The van der Waals surface area contributed by atoms with E-state index in [-0.39, 0.29) is 31.1 Å². The molecular weight excluding hydrogens is 961 g/mol. The minimum atomic E-state index is -0.774. The predicted octanol–water partition coefficient (Wildman–Crippen LogP) is 23.9. The van der Waals surface area contributed by atoms with Crippen molar-refractivity contribution in [1.82, 2.24) is 0 Å². The number of rotatable bonds is 65. The minimum absolute atomic E-state index is 0.0703. The SMILES string of the molecule is CCCCCC/C=C\C/C=C\CCCCCCCCCC(=O)OCC(COC(=O)CCCCCCCCCCCCC/C=C\CCCCCCCCCC)OC(=O)CCCCCCCCCCCCCCCCCCCCC.